The van der Waals surface area contributed by atoms with Crippen LogP contribution in [0.3, 0.4) is 0 Å². The number of aromatic hydroxyl groups is 1. The standard InChI is InChI=1S/C18H11F4NO3/c1-2-26-18(25)9-7-23-10-6-4-3-5-8(10)11(9)12-13(19)15(21)17(24)16(22)14(12)20/h3-7,24H,2H2,1H3. The molecule has 0 aliphatic heterocycles. The van der Waals surface area contributed by atoms with Crippen LogP contribution in [0.15, 0.2) is 30.5 Å². The molecular formula is C18H11F4NO3. The number of nitrogens with zero attached hydrogens (tertiary/aromatic N) is 1. The SMILES string of the molecule is CCOC(=O)c1cnc2ccccc2c1-c1c(F)c(F)c(O)c(F)c1F. The average Bonchev–Trinajstić information content (AvgIpc) is 2.65. The molecule has 8 heteroatoms. The van der Waals surface area contributed by atoms with Crippen LogP contribution in [-0.4, -0.2) is 22.7 Å². The van der Waals surface area contributed by atoms with E-state index in [-0.39, 0.29) is 23.1 Å². The second-order valence-corrected chi connectivity index (χ2v) is 5.26. The second-order valence-electron chi connectivity index (χ2n) is 5.26. The fourth-order valence-corrected chi connectivity index (χ4v) is 2.61. The van der Waals surface area contributed by atoms with Crippen molar-refractivity contribution in [3.8, 4) is 16.9 Å². The highest BCUT2D eigenvalue weighted by Crippen LogP contribution is 2.39. The summed E-state index contributed by atoms with van der Waals surface area (Å²) in [6.07, 6.45) is 1.01. The molecule has 0 amide bonds. The van der Waals surface area contributed by atoms with E-state index in [0.29, 0.717) is 0 Å². The highest BCUT2D eigenvalue weighted by molar-refractivity contribution is 6.07. The van der Waals surface area contributed by atoms with Gasteiger partial charge in [-0.15, -0.1) is 0 Å². The van der Waals surface area contributed by atoms with Crippen LogP contribution < -0.4 is 0 Å². The van der Waals surface area contributed by atoms with E-state index < -0.39 is 46.1 Å². The number of carbonyl (C=O) groups is 1. The molecule has 0 aliphatic rings. The topological polar surface area (TPSA) is 59.4 Å². The van der Waals surface area contributed by atoms with Gasteiger partial charge in [-0.05, 0) is 13.0 Å². The predicted octanol–water partition coefficient (Wildman–Crippen LogP) is 4.34. The maximum atomic E-state index is 14.4. The van der Waals surface area contributed by atoms with Gasteiger partial charge in [-0.1, -0.05) is 18.2 Å². The molecule has 0 spiro atoms. The molecule has 1 aromatic heterocycles. The summed E-state index contributed by atoms with van der Waals surface area (Å²) >= 11 is 0. The van der Waals surface area contributed by atoms with E-state index in [1.54, 1.807) is 6.07 Å². The van der Waals surface area contributed by atoms with Crippen LogP contribution in [0.1, 0.15) is 17.3 Å². The Bertz CT molecular complexity index is 1010. The molecule has 26 heavy (non-hydrogen) atoms. The molecule has 0 fully saturated rings. The largest absolute Gasteiger partial charge is 0.503 e. The van der Waals surface area contributed by atoms with E-state index in [9.17, 15) is 27.5 Å². The molecule has 1 heterocycles. The summed E-state index contributed by atoms with van der Waals surface area (Å²) in [7, 11) is 0. The Morgan fingerprint density at radius 3 is 2.27 bits per heavy atom. The monoisotopic (exact) mass is 365 g/mol. The van der Waals surface area contributed by atoms with Crippen LogP contribution in [0.25, 0.3) is 22.0 Å². The van der Waals surface area contributed by atoms with E-state index in [4.69, 9.17) is 4.74 Å². The van der Waals surface area contributed by atoms with Gasteiger partial charge in [-0.2, -0.15) is 8.78 Å². The van der Waals surface area contributed by atoms with Gasteiger partial charge in [0, 0.05) is 17.1 Å². The van der Waals surface area contributed by atoms with Gasteiger partial charge in [0.25, 0.3) is 0 Å². The number of halogens is 4. The molecule has 134 valence electrons. The number of aromatic nitrogens is 1. The summed E-state index contributed by atoms with van der Waals surface area (Å²) in [6.45, 7) is 1.49. The Morgan fingerprint density at radius 2 is 1.65 bits per heavy atom. The third-order valence-corrected chi connectivity index (χ3v) is 3.76. The average molecular weight is 365 g/mol. The summed E-state index contributed by atoms with van der Waals surface area (Å²) in [4.78, 5) is 16.2. The zero-order chi connectivity index (χ0) is 19.0. The van der Waals surface area contributed by atoms with Crippen molar-refractivity contribution in [3.63, 3.8) is 0 Å². The van der Waals surface area contributed by atoms with Crippen molar-refractivity contribution in [3.05, 3.63) is 59.3 Å². The summed E-state index contributed by atoms with van der Waals surface area (Å²) in [5.41, 5.74) is -1.67. The van der Waals surface area contributed by atoms with E-state index in [1.165, 1.54) is 25.1 Å². The fraction of sp³-hybridized carbons (Fsp3) is 0.111. The van der Waals surface area contributed by atoms with Gasteiger partial charge >= 0.3 is 5.97 Å². The first-order valence-electron chi connectivity index (χ1n) is 7.48. The molecule has 2 aromatic carbocycles. The Hall–Kier alpha value is -3.16. The number of carbonyl (C=O) groups excluding carboxylic acids is 1. The van der Waals surface area contributed by atoms with Crippen molar-refractivity contribution in [1.29, 1.82) is 0 Å². The highest BCUT2D eigenvalue weighted by atomic mass is 19.2. The normalized spacial score (nSPS) is 11.0. The van der Waals surface area contributed by atoms with Gasteiger partial charge < -0.3 is 9.84 Å². The molecule has 1 N–H and O–H groups in total. The molecule has 0 saturated heterocycles. The van der Waals surface area contributed by atoms with E-state index in [1.807, 2.05) is 0 Å². The van der Waals surface area contributed by atoms with E-state index >= 15 is 0 Å². The zero-order valence-electron chi connectivity index (χ0n) is 13.3. The number of pyridine rings is 1. The fourth-order valence-electron chi connectivity index (χ4n) is 2.61. The lowest BCUT2D eigenvalue weighted by atomic mass is 9.95. The Kier molecular flexibility index (Phi) is 4.50. The molecule has 3 rings (SSSR count). The lowest BCUT2D eigenvalue weighted by Crippen LogP contribution is -2.10. The molecule has 0 saturated carbocycles. The van der Waals surface area contributed by atoms with Gasteiger partial charge in [-0.25, -0.2) is 13.6 Å². The highest BCUT2D eigenvalue weighted by Gasteiger charge is 2.30. The number of rotatable bonds is 3. The minimum atomic E-state index is -1.96. The van der Waals surface area contributed by atoms with Crippen molar-refractivity contribution in [1.82, 2.24) is 4.98 Å². The van der Waals surface area contributed by atoms with Gasteiger partial charge in [0.2, 0.25) is 11.6 Å². The van der Waals surface area contributed by atoms with Crippen LogP contribution >= 0.6 is 0 Å². The molecule has 0 unspecified atom stereocenters. The van der Waals surface area contributed by atoms with Crippen LogP contribution in [-0.2, 0) is 4.74 Å². The minimum absolute atomic E-state index is 0.0334. The Balaban J connectivity index is 2.48. The minimum Gasteiger partial charge on any atom is -0.503 e. The summed E-state index contributed by atoms with van der Waals surface area (Å²) in [5, 5.41) is 9.26. The molecule has 3 aromatic rings. The third kappa shape index (κ3) is 2.63. The zero-order valence-corrected chi connectivity index (χ0v) is 13.3. The molecule has 0 atom stereocenters. The number of phenolic OH excluding ortho intramolecular Hbond substituents is 1. The summed E-state index contributed by atoms with van der Waals surface area (Å²) < 4.78 is 61.4. The summed E-state index contributed by atoms with van der Waals surface area (Å²) in [6, 6.07) is 5.98. The Morgan fingerprint density at radius 1 is 1.04 bits per heavy atom. The van der Waals surface area contributed by atoms with Crippen LogP contribution in [0, 0.1) is 23.3 Å². The quantitative estimate of drug-likeness (QED) is 0.426. The number of hydrogen-bond acceptors (Lipinski definition) is 4. The maximum absolute atomic E-state index is 14.4. The lowest BCUT2D eigenvalue weighted by molar-refractivity contribution is 0.0527. The first-order valence-corrected chi connectivity index (χ1v) is 7.48. The van der Waals surface area contributed by atoms with Crippen LogP contribution in [0.4, 0.5) is 17.6 Å². The molecule has 0 aliphatic carbocycles. The van der Waals surface area contributed by atoms with Gasteiger partial charge in [-0.3, -0.25) is 4.98 Å². The van der Waals surface area contributed by atoms with Crippen molar-refractivity contribution in [2.45, 2.75) is 6.92 Å². The maximum Gasteiger partial charge on any atom is 0.340 e. The Labute approximate surface area is 144 Å². The number of benzene rings is 2. The van der Waals surface area contributed by atoms with Crippen LogP contribution in [0.2, 0.25) is 0 Å². The number of hydrogen-bond donors (Lipinski definition) is 1. The number of ether oxygens (including phenoxy) is 1. The smallest absolute Gasteiger partial charge is 0.340 e. The van der Waals surface area contributed by atoms with Crippen molar-refractivity contribution in [2.75, 3.05) is 6.61 Å². The van der Waals surface area contributed by atoms with E-state index in [2.05, 4.69) is 4.98 Å². The van der Waals surface area contributed by atoms with Crippen molar-refractivity contribution in [2.24, 2.45) is 0 Å². The first kappa shape index (κ1) is 17.7. The van der Waals surface area contributed by atoms with Gasteiger partial charge in [0.15, 0.2) is 17.4 Å². The summed E-state index contributed by atoms with van der Waals surface area (Å²) in [5.74, 6) is -10.3. The van der Waals surface area contributed by atoms with E-state index in [0.717, 1.165) is 6.20 Å². The third-order valence-electron chi connectivity index (χ3n) is 3.76. The van der Waals surface area contributed by atoms with Crippen molar-refractivity contribution < 1.29 is 32.2 Å². The first-order chi connectivity index (χ1) is 12.4. The lowest BCUT2D eigenvalue weighted by Gasteiger charge is -2.15. The number of fused-ring (bicyclic) bond motifs is 1. The van der Waals surface area contributed by atoms with Crippen molar-refractivity contribution >= 4 is 16.9 Å². The second kappa shape index (κ2) is 6.62. The molecule has 0 radical (unpaired) electrons. The predicted molar refractivity (Wildman–Crippen MR) is 84.6 cm³/mol. The van der Waals surface area contributed by atoms with Gasteiger partial charge in [0.1, 0.15) is 0 Å². The van der Waals surface area contributed by atoms with Gasteiger partial charge in [0.05, 0.1) is 23.3 Å². The van der Waals surface area contributed by atoms with Crippen LogP contribution in [0.5, 0.6) is 5.75 Å². The molecular weight excluding hydrogens is 354 g/mol. The molecule has 0 bridgehead atoms. The number of phenols is 1. The molecule has 4 nitrogen and oxygen atoms in total. The number of esters is 1. The number of para-hydroxylation sites is 1.